The van der Waals surface area contributed by atoms with Gasteiger partial charge < -0.3 is 9.84 Å². The van der Waals surface area contributed by atoms with Crippen molar-refractivity contribution in [3.8, 4) is 11.4 Å². The number of H-pyrrole nitrogens is 1. The molecule has 3 rings (SSSR count). The number of carbonyl (C=O) groups excluding carboxylic acids is 1. The van der Waals surface area contributed by atoms with Gasteiger partial charge in [-0.05, 0) is 38.5 Å². The minimum absolute atomic E-state index is 0.0109. The van der Waals surface area contributed by atoms with Crippen LogP contribution in [0, 0.1) is 6.92 Å². The van der Waals surface area contributed by atoms with Crippen molar-refractivity contribution in [3.63, 3.8) is 0 Å². The Morgan fingerprint density at radius 2 is 2.31 bits per heavy atom. The van der Waals surface area contributed by atoms with Crippen molar-refractivity contribution in [2.45, 2.75) is 45.6 Å². The molecule has 0 aliphatic rings. The predicted octanol–water partition coefficient (Wildman–Crippen LogP) is 2.23. The fourth-order valence-electron chi connectivity index (χ4n) is 2.66. The topological polar surface area (TPSA) is 110 Å². The lowest BCUT2D eigenvalue weighted by molar-refractivity contribution is -0.121. The molecule has 3 heterocycles. The third kappa shape index (κ3) is 4.98. The van der Waals surface area contributed by atoms with E-state index >= 15 is 0 Å². The highest BCUT2D eigenvalue weighted by Gasteiger charge is 2.12. The molecular weight excluding hydrogens is 332 g/mol. The van der Waals surface area contributed by atoms with E-state index in [1.165, 1.54) is 0 Å². The second-order valence-electron chi connectivity index (χ2n) is 6.32. The Hall–Kier alpha value is -3.03. The standard InChI is InChI=1S/C18H22N6O2/c1-12(9-15-10-13(2)22-23-15)20-16(25)6-3-7-17-21-18(24-26-17)14-5-4-8-19-11-14/h4-5,8,10-12H,3,6-7,9H2,1-2H3,(H,20,25)(H,22,23)/t12-/m1/s1. The lowest BCUT2D eigenvalue weighted by atomic mass is 10.1. The van der Waals surface area contributed by atoms with Gasteiger partial charge in [0.1, 0.15) is 0 Å². The van der Waals surface area contributed by atoms with Gasteiger partial charge in [-0.25, -0.2) is 0 Å². The van der Waals surface area contributed by atoms with Gasteiger partial charge in [-0.1, -0.05) is 5.16 Å². The Kier molecular flexibility index (Phi) is 5.73. The molecule has 0 radical (unpaired) electrons. The van der Waals surface area contributed by atoms with Gasteiger partial charge in [0.05, 0.1) is 5.69 Å². The summed E-state index contributed by atoms with van der Waals surface area (Å²) >= 11 is 0. The van der Waals surface area contributed by atoms with Crippen molar-refractivity contribution in [3.05, 3.63) is 47.9 Å². The number of pyridine rings is 1. The predicted molar refractivity (Wildman–Crippen MR) is 95.1 cm³/mol. The number of aromatic amines is 1. The molecule has 0 unspecified atom stereocenters. The molecule has 0 spiro atoms. The first kappa shape index (κ1) is 17.8. The van der Waals surface area contributed by atoms with Gasteiger partial charge in [0.2, 0.25) is 17.6 Å². The van der Waals surface area contributed by atoms with Gasteiger partial charge >= 0.3 is 0 Å². The summed E-state index contributed by atoms with van der Waals surface area (Å²) in [5.41, 5.74) is 2.77. The van der Waals surface area contributed by atoms with E-state index in [1.807, 2.05) is 32.0 Å². The smallest absolute Gasteiger partial charge is 0.226 e. The molecule has 136 valence electrons. The quantitative estimate of drug-likeness (QED) is 0.642. The van der Waals surface area contributed by atoms with Crippen LogP contribution in [0.4, 0.5) is 0 Å². The van der Waals surface area contributed by atoms with Gasteiger partial charge in [-0.3, -0.25) is 14.9 Å². The van der Waals surface area contributed by atoms with Crippen molar-refractivity contribution in [1.29, 1.82) is 0 Å². The third-order valence-electron chi connectivity index (χ3n) is 3.86. The van der Waals surface area contributed by atoms with Crippen LogP contribution < -0.4 is 5.32 Å². The molecule has 0 saturated heterocycles. The Bertz CT molecular complexity index is 842. The summed E-state index contributed by atoms with van der Waals surface area (Å²) in [6, 6.07) is 5.71. The van der Waals surface area contributed by atoms with Crippen LogP contribution in [0.1, 0.15) is 37.0 Å². The molecule has 0 aliphatic heterocycles. The summed E-state index contributed by atoms with van der Waals surface area (Å²) in [5.74, 6) is 1.05. The van der Waals surface area contributed by atoms with Crippen LogP contribution in [0.25, 0.3) is 11.4 Å². The summed E-state index contributed by atoms with van der Waals surface area (Å²) in [5, 5.41) is 14.0. The average molecular weight is 354 g/mol. The van der Waals surface area contributed by atoms with E-state index in [4.69, 9.17) is 4.52 Å². The second-order valence-corrected chi connectivity index (χ2v) is 6.32. The normalized spacial score (nSPS) is 12.1. The molecule has 1 amide bonds. The van der Waals surface area contributed by atoms with Crippen LogP contribution in [0.5, 0.6) is 0 Å². The molecule has 0 aliphatic carbocycles. The first-order valence-corrected chi connectivity index (χ1v) is 8.63. The summed E-state index contributed by atoms with van der Waals surface area (Å²) in [4.78, 5) is 20.4. The van der Waals surface area contributed by atoms with Crippen LogP contribution in [-0.2, 0) is 17.6 Å². The van der Waals surface area contributed by atoms with E-state index in [0.717, 1.165) is 17.0 Å². The molecule has 0 fully saturated rings. The van der Waals surface area contributed by atoms with E-state index in [9.17, 15) is 4.79 Å². The zero-order valence-corrected chi connectivity index (χ0v) is 14.9. The van der Waals surface area contributed by atoms with Crippen LogP contribution in [-0.4, -0.2) is 37.3 Å². The van der Waals surface area contributed by atoms with Crippen LogP contribution >= 0.6 is 0 Å². The largest absolute Gasteiger partial charge is 0.353 e. The maximum Gasteiger partial charge on any atom is 0.226 e. The van der Waals surface area contributed by atoms with Gasteiger partial charge in [0.15, 0.2) is 0 Å². The van der Waals surface area contributed by atoms with Crippen molar-refractivity contribution >= 4 is 5.91 Å². The molecule has 3 aromatic heterocycles. The lowest BCUT2D eigenvalue weighted by Crippen LogP contribution is -2.34. The van der Waals surface area contributed by atoms with Gasteiger partial charge in [-0.2, -0.15) is 10.1 Å². The molecule has 0 aromatic carbocycles. The number of aromatic nitrogens is 5. The van der Waals surface area contributed by atoms with Crippen LogP contribution in [0.3, 0.4) is 0 Å². The Labute approximate surface area is 151 Å². The average Bonchev–Trinajstić information content (AvgIpc) is 3.25. The number of carbonyl (C=O) groups is 1. The SMILES string of the molecule is Cc1cc(C[C@@H](C)NC(=O)CCCc2nc(-c3cccnc3)no2)n[nH]1. The number of hydrogen-bond donors (Lipinski definition) is 2. The van der Waals surface area contributed by atoms with Gasteiger partial charge in [0, 0.05) is 49.0 Å². The summed E-state index contributed by atoms with van der Waals surface area (Å²) in [6.45, 7) is 3.93. The minimum Gasteiger partial charge on any atom is -0.353 e. The van der Waals surface area contributed by atoms with Gasteiger partial charge in [-0.15, -0.1) is 0 Å². The second kappa shape index (κ2) is 8.37. The summed E-state index contributed by atoms with van der Waals surface area (Å²) < 4.78 is 5.23. The fraction of sp³-hybridized carbons (Fsp3) is 0.389. The summed E-state index contributed by atoms with van der Waals surface area (Å²) in [6.07, 6.45) is 5.70. The molecule has 0 saturated carbocycles. The first-order valence-electron chi connectivity index (χ1n) is 8.63. The number of hydrogen-bond acceptors (Lipinski definition) is 6. The number of rotatable bonds is 8. The van der Waals surface area contributed by atoms with Crippen molar-refractivity contribution < 1.29 is 9.32 Å². The fourth-order valence-corrected chi connectivity index (χ4v) is 2.66. The van der Waals surface area contributed by atoms with E-state index < -0.39 is 0 Å². The zero-order chi connectivity index (χ0) is 18.4. The molecular formula is C18H22N6O2. The first-order chi connectivity index (χ1) is 12.6. The number of nitrogens with zero attached hydrogens (tertiary/aromatic N) is 4. The third-order valence-corrected chi connectivity index (χ3v) is 3.86. The van der Waals surface area contributed by atoms with E-state index in [-0.39, 0.29) is 11.9 Å². The zero-order valence-electron chi connectivity index (χ0n) is 14.9. The highest BCUT2D eigenvalue weighted by atomic mass is 16.5. The molecule has 8 nitrogen and oxygen atoms in total. The Morgan fingerprint density at radius 3 is 3.04 bits per heavy atom. The maximum absolute atomic E-state index is 12.1. The maximum atomic E-state index is 12.1. The van der Waals surface area contributed by atoms with Gasteiger partial charge in [0.25, 0.3) is 0 Å². The Balaban J connectivity index is 1.40. The number of aryl methyl sites for hydroxylation is 2. The molecule has 3 aromatic rings. The van der Waals surface area contributed by atoms with Crippen molar-refractivity contribution in [2.75, 3.05) is 0 Å². The summed E-state index contributed by atoms with van der Waals surface area (Å²) in [7, 11) is 0. The molecule has 8 heteroatoms. The van der Waals surface area contributed by atoms with Crippen molar-refractivity contribution in [1.82, 2.24) is 30.6 Å². The van der Waals surface area contributed by atoms with E-state index in [0.29, 0.717) is 37.4 Å². The van der Waals surface area contributed by atoms with Crippen LogP contribution in [0.15, 0.2) is 35.1 Å². The van der Waals surface area contributed by atoms with Crippen molar-refractivity contribution in [2.24, 2.45) is 0 Å². The number of nitrogens with one attached hydrogen (secondary N) is 2. The van der Waals surface area contributed by atoms with E-state index in [1.54, 1.807) is 12.4 Å². The lowest BCUT2D eigenvalue weighted by Gasteiger charge is -2.12. The Morgan fingerprint density at radius 1 is 1.42 bits per heavy atom. The van der Waals surface area contributed by atoms with Crippen LogP contribution in [0.2, 0.25) is 0 Å². The molecule has 1 atom stereocenters. The number of amides is 1. The molecule has 0 bridgehead atoms. The monoisotopic (exact) mass is 354 g/mol. The highest BCUT2D eigenvalue weighted by molar-refractivity contribution is 5.76. The highest BCUT2D eigenvalue weighted by Crippen LogP contribution is 2.14. The molecule has 26 heavy (non-hydrogen) atoms. The van der Waals surface area contributed by atoms with E-state index in [2.05, 4.69) is 30.6 Å². The molecule has 2 N–H and O–H groups in total. The minimum atomic E-state index is 0.0109.